The number of Topliss-reactive ketones (excluding diaryl/α,β-unsaturated/α-hetero) is 1. The van der Waals surface area contributed by atoms with Crippen LogP contribution < -0.4 is 15.4 Å². The number of carbonyl (C=O) groups is 3. The Hall–Kier alpha value is -3.19. The van der Waals surface area contributed by atoms with Crippen LogP contribution in [0.5, 0.6) is 5.75 Å². The van der Waals surface area contributed by atoms with Gasteiger partial charge < -0.3 is 10.1 Å². The van der Waals surface area contributed by atoms with Gasteiger partial charge in [-0.3, -0.25) is 19.8 Å². The topological polar surface area (TPSA) is 87.7 Å². The molecule has 0 spiro atoms. The Morgan fingerprint density at radius 3 is 2.27 bits per heavy atom. The van der Waals surface area contributed by atoms with Crippen LogP contribution in [-0.2, 0) is 4.79 Å². The molecule has 0 unspecified atom stereocenters. The number of nitrogens with zero attached hydrogens (tertiary/aromatic N) is 1. The Morgan fingerprint density at radius 1 is 0.900 bits per heavy atom. The minimum absolute atomic E-state index is 0.0440. The zero-order valence-electron chi connectivity index (χ0n) is 17.1. The van der Waals surface area contributed by atoms with Crippen LogP contribution in [-0.4, -0.2) is 42.3 Å². The van der Waals surface area contributed by atoms with E-state index in [1.807, 2.05) is 0 Å². The first kappa shape index (κ1) is 21.5. The zero-order valence-corrected chi connectivity index (χ0v) is 17.1. The monoisotopic (exact) mass is 409 g/mol. The number of anilines is 2. The average molecular weight is 409 g/mol. The van der Waals surface area contributed by atoms with Crippen molar-refractivity contribution in [3.05, 3.63) is 54.1 Å². The van der Waals surface area contributed by atoms with Gasteiger partial charge in [-0.2, -0.15) is 0 Å². The van der Waals surface area contributed by atoms with Crippen LogP contribution in [0.2, 0.25) is 0 Å². The molecule has 7 heteroatoms. The van der Waals surface area contributed by atoms with Crippen LogP contribution >= 0.6 is 0 Å². The zero-order chi connectivity index (χ0) is 21.3. The number of ether oxygens (including phenoxy) is 1. The fraction of sp³-hybridized carbons (Fsp3) is 0.348. The van der Waals surface area contributed by atoms with Crippen molar-refractivity contribution >= 4 is 29.2 Å². The maximum atomic E-state index is 12.6. The van der Waals surface area contributed by atoms with Crippen LogP contribution in [0.3, 0.4) is 0 Å². The van der Waals surface area contributed by atoms with E-state index in [2.05, 4.69) is 15.5 Å². The number of ketones is 1. The highest BCUT2D eigenvalue weighted by Crippen LogP contribution is 2.18. The van der Waals surface area contributed by atoms with Crippen molar-refractivity contribution in [2.24, 2.45) is 0 Å². The lowest BCUT2D eigenvalue weighted by Gasteiger charge is -2.18. The average Bonchev–Trinajstić information content (AvgIpc) is 2.98. The van der Waals surface area contributed by atoms with Crippen LogP contribution in [0.1, 0.15) is 43.0 Å². The molecule has 30 heavy (non-hydrogen) atoms. The summed E-state index contributed by atoms with van der Waals surface area (Å²) in [6.07, 6.45) is 4.06. The summed E-state index contributed by atoms with van der Waals surface area (Å²) < 4.78 is 5.26. The minimum atomic E-state index is -0.653. The molecular formula is C23H27N3O4. The van der Waals surface area contributed by atoms with Crippen molar-refractivity contribution < 1.29 is 19.1 Å². The van der Waals surface area contributed by atoms with Gasteiger partial charge in [-0.15, -0.1) is 0 Å². The number of hydrogen-bond acceptors (Lipinski definition) is 5. The fourth-order valence-electron chi connectivity index (χ4n) is 3.42. The van der Waals surface area contributed by atoms with Crippen LogP contribution in [0, 0.1) is 0 Å². The smallest absolute Gasteiger partial charge is 0.410 e. The summed E-state index contributed by atoms with van der Waals surface area (Å²) in [5, 5.41) is 5.29. The Morgan fingerprint density at radius 2 is 1.60 bits per heavy atom. The lowest BCUT2D eigenvalue weighted by molar-refractivity contribution is -0.114. The molecule has 2 N–H and O–H groups in total. The minimum Gasteiger partial charge on any atom is -0.410 e. The summed E-state index contributed by atoms with van der Waals surface area (Å²) in [6.45, 7) is 3.73. The van der Waals surface area contributed by atoms with Crippen molar-refractivity contribution in [3.63, 3.8) is 0 Å². The number of carbonyl (C=O) groups excluding carboxylic acids is 3. The lowest BCUT2D eigenvalue weighted by Crippen LogP contribution is -2.30. The molecule has 1 aliphatic heterocycles. The van der Waals surface area contributed by atoms with E-state index in [0.717, 1.165) is 25.9 Å². The van der Waals surface area contributed by atoms with E-state index < -0.39 is 6.09 Å². The second kappa shape index (κ2) is 10.5. The summed E-state index contributed by atoms with van der Waals surface area (Å²) in [5.41, 5.74) is 1.68. The second-order valence-corrected chi connectivity index (χ2v) is 7.41. The van der Waals surface area contributed by atoms with Gasteiger partial charge in [0.05, 0.1) is 6.54 Å². The van der Waals surface area contributed by atoms with Crippen LogP contribution in [0.4, 0.5) is 16.2 Å². The van der Waals surface area contributed by atoms with E-state index in [0.29, 0.717) is 29.2 Å². The number of benzene rings is 2. The largest absolute Gasteiger partial charge is 0.417 e. The molecule has 0 aliphatic carbocycles. The van der Waals surface area contributed by atoms with Gasteiger partial charge >= 0.3 is 6.09 Å². The first-order chi connectivity index (χ1) is 14.5. The van der Waals surface area contributed by atoms with Gasteiger partial charge in [0.1, 0.15) is 5.75 Å². The Bertz CT molecular complexity index is 888. The van der Waals surface area contributed by atoms with E-state index in [4.69, 9.17) is 4.74 Å². The SMILES string of the molecule is CC(=O)Nc1ccc(OC(=O)Nc2cccc(C(=O)CN3CCCCCC3)c2)cc1. The summed E-state index contributed by atoms with van der Waals surface area (Å²) in [6, 6.07) is 13.4. The molecule has 1 heterocycles. The van der Waals surface area contributed by atoms with Crippen LogP contribution in [0.25, 0.3) is 0 Å². The van der Waals surface area contributed by atoms with Crippen LogP contribution in [0.15, 0.2) is 48.5 Å². The van der Waals surface area contributed by atoms with Gasteiger partial charge in [0.15, 0.2) is 5.78 Å². The fourth-order valence-corrected chi connectivity index (χ4v) is 3.42. The number of nitrogens with one attached hydrogen (secondary N) is 2. The third-order valence-electron chi connectivity index (χ3n) is 4.88. The predicted molar refractivity (Wildman–Crippen MR) is 116 cm³/mol. The second-order valence-electron chi connectivity index (χ2n) is 7.41. The molecule has 1 aliphatic rings. The number of amides is 2. The quantitative estimate of drug-likeness (QED) is 0.694. The highest BCUT2D eigenvalue weighted by Gasteiger charge is 2.15. The van der Waals surface area contributed by atoms with Gasteiger partial charge in [-0.05, 0) is 62.3 Å². The van der Waals surface area contributed by atoms with Gasteiger partial charge in [0, 0.05) is 23.9 Å². The molecular weight excluding hydrogens is 382 g/mol. The van der Waals surface area contributed by atoms with Crippen molar-refractivity contribution in [2.75, 3.05) is 30.3 Å². The van der Waals surface area contributed by atoms with E-state index in [9.17, 15) is 14.4 Å². The van der Waals surface area contributed by atoms with E-state index >= 15 is 0 Å². The number of hydrogen-bond donors (Lipinski definition) is 2. The third-order valence-corrected chi connectivity index (χ3v) is 4.88. The predicted octanol–water partition coefficient (Wildman–Crippen LogP) is 4.31. The first-order valence-electron chi connectivity index (χ1n) is 10.2. The summed E-state index contributed by atoms with van der Waals surface area (Å²) in [7, 11) is 0. The molecule has 2 amide bonds. The molecule has 0 aromatic heterocycles. The van der Waals surface area contributed by atoms with Crippen molar-refractivity contribution in [1.29, 1.82) is 0 Å². The summed E-state index contributed by atoms with van der Waals surface area (Å²) in [5.74, 6) is 0.212. The molecule has 7 nitrogen and oxygen atoms in total. The van der Waals surface area contributed by atoms with Gasteiger partial charge in [-0.1, -0.05) is 25.0 Å². The van der Waals surface area contributed by atoms with Gasteiger partial charge in [0.25, 0.3) is 0 Å². The molecule has 2 aromatic carbocycles. The molecule has 0 saturated carbocycles. The van der Waals surface area contributed by atoms with E-state index in [1.54, 1.807) is 48.5 Å². The molecule has 0 bridgehead atoms. The molecule has 2 aromatic rings. The highest BCUT2D eigenvalue weighted by molar-refractivity contribution is 5.99. The molecule has 1 saturated heterocycles. The number of rotatable bonds is 6. The first-order valence-corrected chi connectivity index (χ1v) is 10.2. The molecule has 1 fully saturated rings. The van der Waals surface area contributed by atoms with Crippen molar-refractivity contribution in [3.8, 4) is 5.75 Å². The van der Waals surface area contributed by atoms with Gasteiger partial charge in [0.2, 0.25) is 5.91 Å². The maximum absolute atomic E-state index is 12.6. The lowest BCUT2D eigenvalue weighted by atomic mass is 10.1. The van der Waals surface area contributed by atoms with E-state index in [-0.39, 0.29) is 11.7 Å². The van der Waals surface area contributed by atoms with Crippen molar-refractivity contribution in [2.45, 2.75) is 32.6 Å². The Labute approximate surface area is 176 Å². The normalized spacial score (nSPS) is 14.4. The van der Waals surface area contributed by atoms with Gasteiger partial charge in [-0.25, -0.2) is 4.79 Å². The highest BCUT2D eigenvalue weighted by atomic mass is 16.6. The maximum Gasteiger partial charge on any atom is 0.417 e. The van der Waals surface area contributed by atoms with E-state index in [1.165, 1.54) is 19.8 Å². The molecule has 158 valence electrons. The third kappa shape index (κ3) is 6.70. The Balaban J connectivity index is 1.55. The number of likely N-dealkylation sites (tertiary alicyclic amines) is 1. The van der Waals surface area contributed by atoms with Crippen molar-refractivity contribution in [1.82, 2.24) is 4.90 Å². The summed E-state index contributed by atoms with van der Waals surface area (Å²) in [4.78, 5) is 38.1. The summed E-state index contributed by atoms with van der Waals surface area (Å²) >= 11 is 0. The standard InChI is InChI=1S/C23H27N3O4/c1-17(27)24-19-9-11-21(12-10-19)30-23(29)25-20-8-6-7-18(15-20)22(28)16-26-13-4-2-3-5-14-26/h6-12,15H,2-5,13-14,16H2,1H3,(H,24,27)(H,25,29). The Kier molecular flexibility index (Phi) is 7.57. The molecule has 0 radical (unpaired) electrons. The molecule has 0 atom stereocenters. The molecule has 3 rings (SSSR count).